The molecule has 0 aliphatic carbocycles. The van der Waals surface area contributed by atoms with Crippen LogP contribution in [0, 0.1) is 11.3 Å². The van der Waals surface area contributed by atoms with Gasteiger partial charge in [-0.05, 0) is 42.5 Å². The van der Waals surface area contributed by atoms with Gasteiger partial charge in [-0.15, -0.1) is 0 Å². The summed E-state index contributed by atoms with van der Waals surface area (Å²) in [6, 6.07) is 12.8. The van der Waals surface area contributed by atoms with Crippen molar-refractivity contribution in [2.24, 2.45) is 0 Å². The number of nitrogens with zero attached hydrogens (tertiary/aromatic N) is 1. The molecule has 1 N–H and O–H groups in total. The molecule has 0 heterocycles. The summed E-state index contributed by atoms with van der Waals surface area (Å²) in [6.07, 6.45) is 1.32. The second-order valence-corrected chi connectivity index (χ2v) is 5.64. The minimum Gasteiger partial charge on any atom is -0.465 e. The van der Waals surface area contributed by atoms with Crippen LogP contribution in [-0.2, 0) is 9.53 Å². The van der Waals surface area contributed by atoms with Crippen LogP contribution in [0.2, 0.25) is 10.0 Å². The number of carbonyl (C=O) groups excluding carboxylic acids is 2. The number of esters is 1. The topological polar surface area (TPSA) is 79.2 Å². The summed E-state index contributed by atoms with van der Waals surface area (Å²) in [5, 5.41) is 12.5. The van der Waals surface area contributed by atoms with Crippen molar-refractivity contribution < 1.29 is 14.3 Å². The maximum absolute atomic E-state index is 12.3. The lowest BCUT2D eigenvalue weighted by atomic mass is 10.1. The number of nitrogens with one attached hydrogen (secondary N) is 1. The van der Waals surface area contributed by atoms with Crippen molar-refractivity contribution in [1.29, 1.82) is 5.26 Å². The summed E-state index contributed by atoms with van der Waals surface area (Å²) in [4.78, 5) is 23.6. The average molecular weight is 375 g/mol. The van der Waals surface area contributed by atoms with Crippen LogP contribution in [0.3, 0.4) is 0 Å². The fourth-order valence-corrected chi connectivity index (χ4v) is 2.45. The number of hydrogen-bond acceptors (Lipinski definition) is 4. The van der Waals surface area contributed by atoms with Crippen molar-refractivity contribution in [2.75, 3.05) is 12.4 Å². The SMILES string of the molecule is COC(=O)c1ccc(NC(=O)/C(C#N)=C/c2c(Cl)cccc2Cl)cc1. The Bertz CT molecular complexity index is 864. The number of rotatable bonds is 4. The number of anilines is 1. The number of hydrogen-bond donors (Lipinski definition) is 1. The highest BCUT2D eigenvalue weighted by molar-refractivity contribution is 6.37. The molecule has 0 aliphatic rings. The molecule has 0 saturated carbocycles. The van der Waals surface area contributed by atoms with E-state index >= 15 is 0 Å². The Balaban J connectivity index is 2.22. The molecular formula is C18H12Cl2N2O3. The highest BCUT2D eigenvalue weighted by Crippen LogP contribution is 2.26. The molecule has 0 aliphatic heterocycles. The number of benzene rings is 2. The van der Waals surface area contributed by atoms with Crippen molar-refractivity contribution in [2.45, 2.75) is 0 Å². The van der Waals surface area contributed by atoms with E-state index in [-0.39, 0.29) is 5.57 Å². The fourth-order valence-electron chi connectivity index (χ4n) is 1.95. The molecule has 0 atom stereocenters. The van der Waals surface area contributed by atoms with Gasteiger partial charge in [0.05, 0.1) is 12.7 Å². The molecule has 0 saturated heterocycles. The van der Waals surface area contributed by atoms with Crippen LogP contribution in [-0.4, -0.2) is 19.0 Å². The average Bonchev–Trinajstić information content (AvgIpc) is 2.61. The van der Waals surface area contributed by atoms with E-state index in [4.69, 9.17) is 23.2 Å². The zero-order valence-electron chi connectivity index (χ0n) is 13.0. The number of nitriles is 1. The first-order valence-corrected chi connectivity index (χ1v) is 7.77. The van der Waals surface area contributed by atoms with Crippen LogP contribution in [0.4, 0.5) is 5.69 Å². The lowest BCUT2D eigenvalue weighted by Crippen LogP contribution is -2.13. The summed E-state index contributed by atoms with van der Waals surface area (Å²) in [6.45, 7) is 0. The standard InChI is InChI=1S/C18H12Cl2N2O3/c1-25-18(24)11-5-7-13(8-6-11)22-17(23)12(10-21)9-14-15(19)3-2-4-16(14)20/h2-9H,1H3,(H,22,23)/b12-9+. The first kappa shape index (κ1) is 18.5. The van der Waals surface area contributed by atoms with E-state index in [9.17, 15) is 14.9 Å². The predicted octanol–water partition coefficient (Wildman–Crippen LogP) is 4.33. The largest absolute Gasteiger partial charge is 0.465 e. The summed E-state index contributed by atoms with van der Waals surface area (Å²) in [5.74, 6) is -1.10. The highest BCUT2D eigenvalue weighted by atomic mass is 35.5. The van der Waals surface area contributed by atoms with Crippen molar-refractivity contribution in [1.82, 2.24) is 0 Å². The van der Waals surface area contributed by atoms with E-state index in [1.807, 2.05) is 6.07 Å². The molecule has 2 aromatic carbocycles. The Morgan fingerprint density at radius 3 is 2.24 bits per heavy atom. The van der Waals surface area contributed by atoms with E-state index in [0.29, 0.717) is 26.9 Å². The van der Waals surface area contributed by atoms with Crippen molar-refractivity contribution in [3.63, 3.8) is 0 Å². The number of halogens is 2. The quantitative estimate of drug-likeness (QED) is 0.490. The molecule has 2 aromatic rings. The van der Waals surface area contributed by atoms with Gasteiger partial charge in [-0.2, -0.15) is 5.26 Å². The first-order valence-electron chi connectivity index (χ1n) is 7.01. The molecule has 126 valence electrons. The van der Waals surface area contributed by atoms with Gasteiger partial charge in [0.2, 0.25) is 0 Å². The Labute approximate surface area is 154 Å². The summed E-state index contributed by atoms with van der Waals surface area (Å²) in [5.41, 5.74) is 0.995. The Morgan fingerprint density at radius 2 is 1.72 bits per heavy atom. The summed E-state index contributed by atoms with van der Waals surface area (Å²) < 4.78 is 4.60. The van der Waals surface area contributed by atoms with Gasteiger partial charge in [0, 0.05) is 21.3 Å². The van der Waals surface area contributed by atoms with Gasteiger partial charge in [-0.25, -0.2) is 4.79 Å². The van der Waals surface area contributed by atoms with Crippen LogP contribution in [0.1, 0.15) is 15.9 Å². The third-order valence-electron chi connectivity index (χ3n) is 3.22. The monoisotopic (exact) mass is 374 g/mol. The summed E-state index contributed by atoms with van der Waals surface area (Å²) >= 11 is 12.1. The summed E-state index contributed by atoms with van der Waals surface area (Å²) in [7, 11) is 1.28. The molecule has 0 fully saturated rings. The molecule has 0 spiro atoms. The fraction of sp³-hybridized carbons (Fsp3) is 0.0556. The predicted molar refractivity (Wildman–Crippen MR) is 96.5 cm³/mol. The molecule has 0 aromatic heterocycles. The van der Waals surface area contributed by atoms with Crippen LogP contribution >= 0.6 is 23.2 Å². The first-order chi connectivity index (χ1) is 12.0. The molecule has 7 heteroatoms. The molecule has 25 heavy (non-hydrogen) atoms. The van der Waals surface area contributed by atoms with E-state index in [1.54, 1.807) is 18.2 Å². The molecular weight excluding hydrogens is 363 g/mol. The minimum absolute atomic E-state index is 0.160. The zero-order chi connectivity index (χ0) is 18.4. The van der Waals surface area contributed by atoms with Gasteiger partial charge in [0.15, 0.2) is 0 Å². The Kier molecular flexibility index (Phi) is 6.18. The Hall–Kier alpha value is -2.81. The molecule has 5 nitrogen and oxygen atoms in total. The Morgan fingerprint density at radius 1 is 1.12 bits per heavy atom. The minimum atomic E-state index is -0.621. The van der Waals surface area contributed by atoms with Gasteiger partial charge in [0.1, 0.15) is 11.6 Å². The van der Waals surface area contributed by atoms with Gasteiger partial charge in [-0.3, -0.25) is 4.79 Å². The highest BCUT2D eigenvalue weighted by Gasteiger charge is 2.13. The number of ether oxygens (including phenoxy) is 1. The second-order valence-electron chi connectivity index (χ2n) is 4.83. The van der Waals surface area contributed by atoms with Crippen molar-refractivity contribution in [3.05, 3.63) is 69.2 Å². The molecule has 2 rings (SSSR count). The van der Waals surface area contributed by atoms with E-state index < -0.39 is 11.9 Å². The molecule has 1 amide bonds. The normalized spacial score (nSPS) is 10.7. The third kappa shape index (κ3) is 4.60. The molecule has 0 radical (unpaired) electrons. The number of amides is 1. The molecule has 0 unspecified atom stereocenters. The molecule has 0 bridgehead atoms. The third-order valence-corrected chi connectivity index (χ3v) is 3.88. The van der Waals surface area contributed by atoms with Crippen LogP contribution < -0.4 is 5.32 Å². The van der Waals surface area contributed by atoms with Crippen molar-refractivity contribution >= 4 is 46.8 Å². The van der Waals surface area contributed by atoms with Crippen molar-refractivity contribution in [3.8, 4) is 6.07 Å². The van der Waals surface area contributed by atoms with Crippen LogP contribution in [0.5, 0.6) is 0 Å². The maximum Gasteiger partial charge on any atom is 0.337 e. The zero-order valence-corrected chi connectivity index (χ0v) is 14.6. The smallest absolute Gasteiger partial charge is 0.337 e. The maximum atomic E-state index is 12.3. The van der Waals surface area contributed by atoms with E-state index in [0.717, 1.165) is 0 Å². The number of carbonyl (C=O) groups is 2. The van der Waals surface area contributed by atoms with E-state index in [1.165, 1.54) is 37.5 Å². The van der Waals surface area contributed by atoms with E-state index in [2.05, 4.69) is 10.1 Å². The van der Waals surface area contributed by atoms with Crippen LogP contribution in [0.15, 0.2) is 48.0 Å². The van der Waals surface area contributed by atoms with Crippen LogP contribution in [0.25, 0.3) is 6.08 Å². The van der Waals surface area contributed by atoms with Gasteiger partial charge < -0.3 is 10.1 Å². The van der Waals surface area contributed by atoms with Gasteiger partial charge >= 0.3 is 5.97 Å². The lowest BCUT2D eigenvalue weighted by molar-refractivity contribution is -0.112. The second kappa shape index (κ2) is 8.34. The van der Waals surface area contributed by atoms with Gasteiger partial charge in [-0.1, -0.05) is 29.3 Å². The lowest BCUT2D eigenvalue weighted by Gasteiger charge is -2.06. The van der Waals surface area contributed by atoms with Gasteiger partial charge in [0.25, 0.3) is 5.91 Å². The number of methoxy groups -OCH3 is 1.